The van der Waals surface area contributed by atoms with E-state index >= 15 is 0 Å². The molecule has 1 saturated heterocycles. The van der Waals surface area contributed by atoms with Crippen LogP contribution in [0.1, 0.15) is 35.8 Å². The third-order valence-electron chi connectivity index (χ3n) is 4.41. The van der Waals surface area contributed by atoms with Crippen molar-refractivity contribution in [3.05, 3.63) is 34.5 Å². The SMILES string of the molecule is CC1CCCN(C(=O)Cc2c(C(=O)[O-])[nH]c3ccc(Cl)cc23)C1. The smallest absolute Gasteiger partial charge is 0.227 e. The van der Waals surface area contributed by atoms with Gasteiger partial charge in [0.1, 0.15) is 0 Å². The van der Waals surface area contributed by atoms with Gasteiger partial charge in [-0.1, -0.05) is 18.5 Å². The first kappa shape index (κ1) is 15.9. The largest absolute Gasteiger partial charge is 0.543 e. The highest BCUT2D eigenvalue weighted by molar-refractivity contribution is 6.31. The molecule has 3 rings (SSSR count). The number of nitrogens with zero attached hydrogens (tertiary/aromatic N) is 1. The number of H-pyrrole nitrogens is 1. The molecule has 2 aromatic rings. The van der Waals surface area contributed by atoms with Gasteiger partial charge in [0, 0.05) is 29.0 Å². The number of aromatic carboxylic acids is 1. The van der Waals surface area contributed by atoms with E-state index < -0.39 is 5.97 Å². The van der Waals surface area contributed by atoms with Crippen LogP contribution in [0.4, 0.5) is 0 Å². The molecule has 0 aliphatic carbocycles. The van der Waals surface area contributed by atoms with Crippen molar-refractivity contribution in [3.63, 3.8) is 0 Å². The van der Waals surface area contributed by atoms with Crippen LogP contribution in [-0.4, -0.2) is 34.8 Å². The number of aromatic nitrogens is 1. The molecule has 2 heterocycles. The maximum absolute atomic E-state index is 12.6. The van der Waals surface area contributed by atoms with Crippen molar-refractivity contribution in [2.24, 2.45) is 5.92 Å². The fraction of sp³-hybridized carbons (Fsp3) is 0.412. The first-order valence-electron chi connectivity index (χ1n) is 7.75. The Balaban J connectivity index is 1.94. The number of carboxylic acid groups (broad SMARTS) is 1. The number of hydrogen-bond acceptors (Lipinski definition) is 3. The van der Waals surface area contributed by atoms with Crippen molar-refractivity contribution in [1.29, 1.82) is 0 Å². The minimum Gasteiger partial charge on any atom is -0.543 e. The average molecular weight is 334 g/mol. The highest BCUT2D eigenvalue weighted by Gasteiger charge is 2.23. The zero-order valence-corrected chi connectivity index (χ0v) is 13.7. The number of amides is 1. The Bertz CT molecular complexity index is 769. The predicted octanol–water partition coefficient (Wildman–Crippen LogP) is 1.99. The topological polar surface area (TPSA) is 76.2 Å². The van der Waals surface area contributed by atoms with Crippen LogP contribution in [0.3, 0.4) is 0 Å². The third kappa shape index (κ3) is 3.20. The fourth-order valence-corrected chi connectivity index (χ4v) is 3.43. The standard InChI is InChI=1S/C17H19ClN2O3/c1-10-3-2-6-20(9-10)15(21)8-13-12-7-11(18)4-5-14(12)19-16(13)17(22)23/h4-5,7,10,19H,2-3,6,8-9H2,1H3,(H,22,23)/p-1. The minimum atomic E-state index is -1.31. The summed E-state index contributed by atoms with van der Waals surface area (Å²) in [6, 6.07) is 5.07. The molecule has 6 heteroatoms. The number of likely N-dealkylation sites (tertiary alicyclic amines) is 1. The molecule has 0 saturated carbocycles. The maximum atomic E-state index is 12.6. The van der Waals surface area contributed by atoms with Crippen LogP contribution >= 0.6 is 11.6 Å². The Labute approximate surface area is 139 Å². The van der Waals surface area contributed by atoms with Gasteiger partial charge >= 0.3 is 0 Å². The highest BCUT2D eigenvalue weighted by atomic mass is 35.5. The Kier molecular flexibility index (Phi) is 4.31. The van der Waals surface area contributed by atoms with Crippen molar-refractivity contribution < 1.29 is 14.7 Å². The lowest BCUT2D eigenvalue weighted by Crippen LogP contribution is -2.40. The van der Waals surface area contributed by atoms with Crippen molar-refractivity contribution in [2.45, 2.75) is 26.2 Å². The first-order chi connectivity index (χ1) is 11.0. The molecule has 1 aromatic heterocycles. The summed E-state index contributed by atoms with van der Waals surface area (Å²) in [6.07, 6.45) is 2.15. The molecule has 0 bridgehead atoms. The molecular weight excluding hydrogens is 316 g/mol. The molecule has 23 heavy (non-hydrogen) atoms. The van der Waals surface area contributed by atoms with E-state index in [9.17, 15) is 14.7 Å². The summed E-state index contributed by atoms with van der Waals surface area (Å²) in [5.74, 6) is -0.891. The molecule has 1 aliphatic rings. The van der Waals surface area contributed by atoms with Crippen LogP contribution in [0, 0.1) is 5.92 Å². The zero-order chi connectivity index (χ0) is 16.6. The summed E-state index contributed by atoms with van der Waals surface area (Å²) >= 11 is 6.01. The van der Waals surface area contributed by atoms with E-state index in [-0.39, 0.29) is 18.0 Å². The summed E-state index contributed by atoms with van der Waals surface area (Å²) in [5, 5.41) is 12.5. The van der Waals surface area contributed by atoms with Gasteiger partial charge in [-0.15, -0.1) is 0 Å². The van der Waals surface area contributed by atoms with Gasteiger partial charge in [0.25, 0.3) is 0 Å². The maximum Gasteiger partial charge on any atom is 0.227 e. The van der Waals surface area contributed by atoms with Gasteiger partial charge in [-0.3, -0.25) is 4.79 Å². The predicted molar refractivity (Wildman–Crippen MR) is 86.3 cm³/mol. The van der Waals surface area contributed by atoms with E-state index in [0.717, 1.165) is 25.9 Å². The normalized spacial score (nSPS) is 18.3. The molecule has 0 spiro atoms. The van der Waals surface area contributed by atoms with Gasteiger partial charge in [-0.25, -0.2) is 0 Å². The van der Waals surface area contributed by atoms with Gasteiger partial charge in [0.05, 0.1) is 18.1 Å². The molecule has 1 fully saturated rings. The van der Waals surface area contributed by atoms with E-state index in [0.29, 0.717) is 27.4 Å². The van der Waals surface area contributed by atoms with Gasteiger partial charge in [-0.05, 0) is 42.5 Å². The first-order valence-corrected chi connectivity index (χ1v) is 8.12. The molecule has 122 valence electrons. The van der Waals surface area contributed by atoms with Crippen molar-refractivity contribution >= 4 is 34.4 Å². The van der Waals surface area contributed by atoms with Crippen LogP contribution in [0.15, 0.2) is 18.2 Å². The number of piperidine rings is 1. The van der Waals surface area contributed by atoms with E-state index in [1.165, 1.54) is 0 Å². The summed E-state index contributed by atoms with van der Waals surface area (Å²) in [7, 11) is 0. The lowest BCUT2D eigenvalue weighted by Gasteiger charge is -2.31. The van der Waals surface area contributed by atoms with Crippen molar-refractivity contribution in [1.82, 2.24) is 9.88 Å². The summed E-state index contributed by atoms with van der Waals surface area (Å²) in [4.78, 5) is 28.6. The van der Waals surface area contributed by atoms with Gasteiger partial charge < -0.3 is 19.8 Å². The Hall–Kier alpha value is -2.01. The van der Waals surface area contributed by atoms with Gasteiger partial charge in [-0.2, -0.15) is 0 Å². The van der Waals surface area contributed by atoms with Gasteiger partial charge in [0.15, 0.2) is 0 Å². The number of halogens is 1. The van der Waals surface area contributed by atoms with Crippen LogP contribution in [0.2, 0.25) is 5.02 Å². The second-order valence-electron chi connectivity index (χ2n) is 6.22. The number of carbonyl (C=O) groups excluding carboxylic acids is 2. The second-order valence-corrected chi connectivity index (χ2v) is 6.66. The minimum absolute atomic E-state index is 0.0381. The van der Waals surface area contributed by atoms with Crippen LogP contribution in [0.25, 0.3) is 10.9 Å². The highest BCUT2D eigenvalue weighted by Crippen LogP contribution is 2.27. The molecule has 1 N–H and O–H groups in total. The molecule has 1 unspecified atom stereocenters. The van der Waals surface area contributed by atoms with Crippen LogP contribution < -0.4 is 5.11 Å². The monoisotopic (exact) mass is 333 g/mol. The molecule has 1 atom stereocenters. The zero-order valence-electron chi connectivity index (χ0n) is 12.9. The number of hydrogen-bond donors (Lipinski definition) is 1. The number of benzene rings is 1. The number of aromatic amines is 1. The number of carbonyl (C=O) groups is 2. The fourth-order valence-electron chi connectivity index (χ4n) is 3.26. The summed E-state index contributed by atoms with van der Waals surface area (Å²) in [6.45, 7) is 3.58. The Morgan fingerprint density at radius 1 is 1.43 bits per heavy atom. The number of carboxylic acids is 1. The van der Waals surface area contributed by atoms with Gasteiger partial charge in [0.2, 0.25) is 5.91 Å². The van der Waals surface area contributed by atoms with E-state index in [4.69, 9.17) is 11.6 Å². The Morgan fingerprint density at radius 2 is 2.22 bits per heavy atom. The summed E-state index contributed by atoms with van der Waals surface area (Å²) in [5.41, 5.74) is 1.05. The second kappa shape index (κ2) is 6.24. The molecular formula is C17H18ClN2O3-. The van der Waals surface area contributed by atoms with E-state index in [2.05, 4.69) is 11.9 Å². The quantitative estimate of drug-likeness (QED) is 0.933. The van der Waals surface area contributed by atoms with Crippen LogP contribution in [-0.2, 0) is 11.2 Å². The summed E-state index contributed by atoms with van der Waals surface area (Å²) < 4.78 is 0. The molecule has 1 aromatic carbocycles. The number of rotatable bonds is 3. The molecule has 5 nitrogen and oxygen atoms in total. The number of fused-ring (bicyclic) bond motifs is 1. The average Bonchev–Trinajstić information content (AvgIpc) is 2.85. The molecule has 1 amide bonds. The van der Waals surface area contributed by atoms with Crippen molar-refractivity contribution in [2.75, 3.05) is 13.1 Å². The number of nitrogens with one attached hydrogen (secondary N) is 1. The third-order valence-corrected chi connectivity index (χ3v) is 4.65. The lowest BCUT2D eigenvalue weighted by molar-refractivity contribution is -0.255. The molecule has 0 radical (unpaired) electrons. The lowest BCUT2D eigenvalue weighted by atomic mass is 9.99. The molecule has 1 aliphatic heterocycles. The van der Waals surface area contributed by atoms with Crippen molar-refractivity contribution in [3.8, 4) is 0 Å². The van der Waals surface area contributed by atoms with E-state index in [1.54, 1.807) is 18.2 Å². The van der Waals surface area contributed by atoms with E-state index in [1.807, 2.05) is 4.90 Å². The Morgan fingerprint density at radius 3 is 2.91 bits per heavy atom. The van der Waals surface area contributed by atoms with Crippen LogP contribution in [0.5, 0.6) is 0 Å².